The Morgan fingerprint density at radius 3 is 3.05 bits per heavy atom. The van der Waals surface area contributed by atoms with Crippen molar-refractivity contribution >= 4 is 5.78 Å². The standard InChI is InChI=1S/C16H22O4/c1-9-5-10-11-3-4-14(20-8-18-2)15-16(11,6-13(10)17)12(9)7-19-15/h10-11,14-15H,3-8H2,1-2H3/t10-,11?,14-,15?,16+/m0/s1. The summed E-state index contributed by atoms with van der Waals surface area (Å²) in [5.41, 5.74) is 2.77. The van der Waals surface area contributed by atoms with Gasteiger partial charge in [-0.2, -0.15) is 0 Å². The summed E-state index contributed by atoms with van der Waals surface area (Å²) in [6.07, 6.45) is 3.82. The van der Waals surface area contributed by atoms with E-state index in [0.717, 1.165) is 19.3 Å². The van der Waals surface area contributed by atoms with Gasteiger partial charge in [0.1, 0.15) is 12.6 Å². The molecule has 0 radical (unpaired) electrons. The third-order valence-corrected chi connectivity index (χ3v) is 6.05. The molecule has 3 aliphatic carbocycles. The lowest BCUT2D eigenvalue weighted by Gasteiger charge is -2.48. The van der Waals surface area contributed by atoms with Gasteiger partial charge in [0, 0.05) is 24.9 Å². The second-order valence-corrected chi connectivity index (χ2v) is 6.78. The summed E-state index contributed by atoms with van der Waals surface area (Å²) < 4.78 is 17.0. The normalized spacial score (nSPS) is 46.0. The molecule has 2 saturated carbocycles. The van der Waals surface area contributed by atoms with Crippen molar-refractivity contribution < 1.29 is 19.0 Å². The number of hydrogen-bond acceptors (Lipinski definition) is 4. The molecule has 1 spiro atoms. The molecule has 110 valence electrons. The van der Waals surface area contributed by atoms with Gasteiger partial charge in [0.25, 0.3) is 0 Å². The Morgan fingerprint density at radius 2 is 2.25 bits per heavy atom. The number of ketones is 1. The summed E-state index contributed by atoms with van der Waals surface area (Å²) in [7, 11) is 1.64. The molecular formula is C16H22O4. The quantitative estimate of drug-likeness (QED) is 0.585. The minimum atomic E-state index is -0.0409. The van der Waals surface area contributed by atoms with Crippen molar-refractivity contribution in [2.45, 2.75) is 44.8 Å². The van der Waals surface area contributed by atoms with Crippen molar-refractivity contribution in [3.8, 4) is 0 Å². The van der Waals surface area contributed by atoms with Crippen LogP contribution in [0.4, 0.5) is 0 Å². The van der Waals surface area contributed by atoms with Gasteiger partial charge >= 0.3 is 0 Å². The summed E-state index contributed by atoms with van der Waals surface area (Å²) in [5, 5.41) is 0. The van der Waals surface area contributed by atoms with Crippen molar-refractivity contribution in [2.24, 2.45) is 17.3 Å². The highest BCUT2D eigenvalue weighted by Crippen LogP contribution is 2.65. The maximum atomic E-state index is 12.5. The van der Waals surface area contributed by atoms with E-state index in [1.807, 2.05) is 0 Å². The maximum absolute atomic E-state index is 12.5. The van der Waals surface area contributed by atoms with Gasteiger partial charge < -0.3 is 14.2 Å². The molecule has 2 unspecified atom stereocenters. The lowest BCUT2D eigenvalue weighted by molar-refractivity contribution is -0.161. The second kappa shape index (κ2) is 4.39. The van der Waals surface area contributed by atoms with E-state index in [4.69, 9.17) is 14.2 Å². The molecule has 0 aromatic carbocycles. The minimum absolute atomic E-state index is 0.0409. The van der Waals surface area contributed by atoms with Crippen LogP contribution in [0.15, 0.2) is 11.1 Å². The average Bonchev–Trinajstić information content (AvgIpc) is 2.91. The van der Waals surface area contributed by atoms with Crippen molar-refractivity contribution in [3.63, 3.8) is 0 Å². The van der Waals surface area contributed by atoms with Gasteiger partial charge in [0.15, 0.2) is 0 Å². The highest BCUT2D eigenvalue weighted by Gasteiger charge is 2.67. The fourth-order valence-electron chi connectivity index (χ4n) is 5.35. The fraction of sp³-hybridized carbons (Fsp3) is 0.812. The topological polar surface area (TPSA) is 44.8 Å². The Morgan fingerprint density at radius 1 is 1.40 bits per heavy atom. The summed E-state index contributed by atoms with van der Waals surface area (Å²) in [6, 6.07) is 0. The van der Waals surface area contributed by atoms with Crippen LogP contribution in [-0.2, 0) is 19.0 Å². The molecule has 0 N–H and O–H groups in total. The molecular weight excluding hydrogens is 256 g/mol. The largest absolute Gasteiger partial charge is 0.370 e. The summed E-state index contributed by atoms with van der Waals surface area (Å²) >= 11 is 0. The Balaban J connectivity index is 1.74. The highest BCUT2D eigenvalue weighted by molar-refractivity contribution is 5.87. The van der Waals surface area contributed by atoms with Crippen molar-refractivity contribution in [1.82, 2.24) is 0 Å². The predicted octanol–water partition coefficient (Wildman–Crippen LogP) is 2.08. The molecule has 3 fully saturated rings. The number of carbonyl (C=O) groups excluding carboxylic acids is 1. The number of methoxy groups -OCH3 is 1. The van der Waals surface area contributed by atoms with Crippen LogP contribution in [0.3, 0.4) is 0 Å². The molecule has 4 aliphatic rings. The van der Waals surface area contributed by atoms with Gasteiger partial charge in [-0.15, -0.1) is 0 Å². The SMILES string of the molecule is COCO[C@H]1CCC2[C@@H]3CC(C)=C4COC1[C@@]42CC3=O. The van der Waals surface area contributed by atoms with E-state index in [9.17, 15) is 4.79 Å². The van der Waals surface area contributed by atoms with Crippen LogP contribution in [0.25, 0.3) is 0 Å². The second-order valence-electron chi connectivity index (χ2n) is 6.78. The monoisotopic (exact) mass is 278 g/mol. The number of carbonyl (C=O) groups is 1. The van der Waals surface area contributed by atoms with E-state index in [0.29, 0.717) is 31.5 Å². The Labute approximate surface area is 119 Å². The van der Waals surface area contributed by atoms with E-state index in [1.54, 1.807) is 7.11 Å². The molecule has 4 rings (SSSR count). The van der Waals surface area contributed by atoms with Gasteiger partial charge in [-0.25, -0.2) is 0 Å². The van der Waals surface area contributed by atoms with Gasteiger partial charge in [-0.1, -0.05) is 5.57 Å². The van der Waals surface area contributed by atoms with E-state index in [1.165, 1.54) is 11.1 Å². The van der Waals surface area contributed by atoms with E-state index in [2.05, 4.69) is 6.92 Å². The van der Waals surface area contributed by atoms with Crippen LogP contribution in [-0.4, -0.2) is 38.5 Å². The van der Waals surface area contributed by atoms with Crippen molar-refractivity contribution in [2.75, 3.05) is 20.5 Å². The van der Waals surface area contributed by atoms with E-state index < -0.39 is 0 Å². The molecule has 4 nitrogen and oxygen atoms in total. The number of hydrogen-bond donors (Lipinski definition) is 0. The zero-order valence-electron chi connectivity index (χ0n) is 12.2. The lowest BCUT2D eigenvalue weighted by atomic mass is 9.57. The molecule has 1 saturated heterocycles. The van der Waals surface area contributed by atoms with Crippen molar-refractivity contribution in [3.05, 3.63) is 11.1 Å². The van der Waals surface area contributed by atoms with Crippen LogP contribution in [0.5, 0.6) is 0 Å². The first-order valence-electron chi connectivity index (χ1n) is 7.62. The first kappa shape index (κ1) is 13.0. The molecule has 0 aromatic heterocycles. The van der Waals surface area contributed by atoms with E-state index in [-0.39, 0.29) is 23.5 Å². The third-order valence-electron chi connectivity index (χ3n) is 6.05. The first-order chi connectivity index (χ1) is 9.68. The fourth-order valence-corrected chi connectivity index (χ4v) is 5.35. The molecule has 20 heavy (non-hydrogen) atoms. The van der Waals surface area contributed by atoms with Crippen molar-refractivity contribution in [1.29, 1.82) is 0 Å². The first-order valence-corrected chi connectivity index (χ1v) is 7.62. The molecule has 4 heteroatoms. The Hall–Kier alpha value is -0.710. The number of rotatable bonds is 3. The smallest absolute Gasteiger partial charge is 0.146 e. The summed E-state index contributed by atoms with van der Waals surface area (Å²) in [4.78, 5) is 12.5. The van der Waals surface area contributed by atoms with Gasteiger partial charge in [0.2, 0.25) is 0 Å². The number of Topliss-reactive ketones (excluding diaryl/α,β-unsaturated/α-hetero) is 1. The molecule has 1 aliphatic heterocycles. The third kappa shape index (κ3) is 1.45. The predicted molar refractivity (Wildman–Crippen MR) is 72.1 cm³/mol. The number of allylic oxidation sites excluding steroid dienone is 1. The van der Waals surface area contributed by atoms with Crippen LogP contribution in [0, 0.1) is 17.3 Å². The van der Waals surface area contributed by atoms with Crippen LogP contribution in [0.1, 0.15) is 32.6 Å². The summed E-state index contributed by atoms with van der Waals surface area (Å²) in [5.74, 6) is 1.18. The molecule has 0 amide bonds. The lowest BCUT2D eigenvalue weighted by Crippen LogP contribution is -2.51. The zero-order chi connectivity index (χ0) is 13.9. The molecule has 1 heterocycles. The Bertz CT molecular complexity index is 483. The van der Waals surface area contributed by atoms with Gasteiger partial charge in [-0.05, 0) is 37.7 Å². The molecule has 5 atom stereocenters. The zero-order valence-corrected chi connectivity index (χ0v) is 12.2. The van der Waals surface area contributed by atoms with Crippen LogP contribution >= 0.6 is 0 Å². The van der Waals surface area contributed by atoms with Gasteiger partial charge in [0.05, 0.1) is 18.8 Å². The number of ether oxygens (including phenoxy) is 3. The van der Waals surface area contributed by atoms with Gasteiger partial charge in [-0.3, -0.25) is 4.79 Å². The average molecular weight is 278 g/mol. The van der Waals surface area contributed by atoms with Crippen LogP contribution in [0.2, 0.25) is 0 Å². The highest BCUT2D eigenvalue weighted by atomic mass is 16.7. The summed E-state index contributed by atoms with van der Waals surface area (Å²) in [6.45, 7) is 3.19. The maximum Gasteiger partial charge on any atom is 0.146 e. The molecule has 0 aromatic rings. The molecule has 2 bridgehead atoms. The van der Waals surface area contributed by atoms with E-state index >= 15 is 0 Å². The Kier molecular flexibility index (Phi) is 2.85. The van der Waals surface area contributed by atoms with Crippen LogP contribution < -0.4 is 0 Å². The minimum Gasteiger partial charge on any atom is -0.370 e.